The lowest BCUT2D eigenvalue weighted by Gasteiger charge is -2.44. The predicted octanol–water partition coefficient (Wildman–Crippen LogP) is 4.81. The smallest absolute Gasteiger partial charge is 0.0640 e. The largest absolute Gasteiger partial charge is 0.393 e. The SMILES string of the molecule is C=C(CO)C[C@H](O)C[C@@H](C)[C@H]1CC[C@H]2/C(=C/Br)CCC[C@]12C. The van der Waals surface area contributed by atoms with E-state index in [2.05, 4.69) is 41.3 Å². The summed E-state index contributed by atoms with van der Waals surface area (Å²) in [5.41, 5.74) is 2.72. The van der Waals surface area contributed by atoms with E-state index in [1.54, 1.807) is 5.57 Å². The van der Waals surface area contributed by atoms with E-state index in [4.69, 9.17) is 5.11 Å². The molecule has 0 aliphatic heterocycles. The summed E-state index contributed by atoms with van der Waals surface area (Å²) < 4.78 is 0. The highest BCUT2D eigenvalue weighted by atomic mass is 79.9. The van der Waals surface area contributed by atoms with Gasteiger partial charge in [-0.15, -0.1) is 0 Å². The zero-order valence-electron chi connectivity index (χ0n) is 14.0. The number of fused-ring (bicyclic) bond motifs is 1. The highest BCUT2D eigenvalue weighted by Crippen LogP contribution is 2.59. The average molecular weight is 371 g/mol. The maximum Gasteiger partial charge on any atom is 0.0640 e. The lowest BCUT2D eigenvalue weighted by atomic mass is 9.61. The average Bonchev–Trinajstić information content (AvgIpc) is 2.83. The minimum absolute atomic E-state index is 0.0198. The Morgan fingerprint density at radius 2 is 2.23 bits per heavy atom. The van der Waals surface area contributed by atoms with Crippen LogP contribution in [0.4, 0.5) is 0 Å². The third-order valence-electron chi connectivity index (χ3n) is 6.26. The summed E-state index contributed by atoms with van der Waals surface area (Å²) in [6.07, 6.45) is 7.40. The number of aliphatic hydroxyl groups is 2. The van der Waals surface area contributed by atoms with Gasteiger partial charge in [-0.2, -0.15) is 0 Å². The third kappa shape index (κ3) is 3.68. The van der Waals surface area contributed by atoms with Gasteiger partial charge in [0.1, 0.15) is 0 Å². The molecule has 0 saturated heterocycles. The second kappa shape index (κ2) is 7.63. The Hall–Kier alpha value is -0.120. The Bertz CT molecular complexity index is 431. The van der Waals surface area contributed by atoms with E-state index in [1.165, 1.54) is 32.1 Å². The van der Waals surface area contributed by atoms with Gasteiger partial charge < -0.3 is 10.2 Å². The Kier molecular flexibility index (Phi) is 6.32. The molecule has 0 radical (unpaired) electrons. The van der Waals surface area contributed by atoms with E-state index in [1.807, 2.05) is 0 Å². The number of hydrogen-bond acceptors (Lipinski definition) is 2. The van der Waals surface area contributed by atoms with Crippen molar-refractivity contribution in [1.29, 1.82) is 0 Å². The summed E-state index contributed by atoms with van der Waals surface area (Å²) in [5.74, 6) is 1.93. The topological polar surface area (TPSA) is 40.5 Å². The van der Waals surface area contributed by atoms with Gasteiger partial charge in [0, 0.05) is 0 Å². The molecule has 2 rings (SSSR count). The minimum Gasteiger partial charge on any atom is -0.393 e. The van der Waals surface area contributed by atoms with Crippen LogP contribution in [0.15, 0.2) is 22.7 Å². The van der Waals surface area contributed by atoms with Gasteiger partial charge in [-0.3, -0.25) is 0 Å². The van der Waals surface area contributed by atoms with E-state index in [9.17, 15) is 5.11 Å². The fourth-order valence-electron chi connectivity index (χ4n) is 5.22. The fraction of sp³-hybridized carbons (Fsp3) is 0.789. The van der Waals surface area contributed by atoms with Crippen LogP contribution in [-0.4, -0.2) is 22.9 Å². The van der Waals surface area contributed by atoms with Crippen LogP contribution in [0.3, 0.4) is 0 Å². The van der Waals surface area contributed by atoms with Gasteiger partial charge in [-0.25, -0.2) is 0 Å². The van der Waals surface area contributed by atoms with Crippen molar-refractivity contribution in [3.63, 3.8) is 0 Å². The summed E-state index contributed by atoms with van der Waals surface area (Å²) >= 11 is 3.57. The van der Waals surface area contributed by atoms with Crippen molar-refractivity contribution in [2.75, 3.05) is 6.61 Å². The molecule has 0 unspecified atom stereocenters. The summed E-state index contributed by atoms with van der Waals surface area (Å²) in [6.45, 7) is 8.55. The van der Waals surface area contributed by atoms with Gasteiger partial charge >= 0.3 is 0 Å². The maximum atomic E-state index is 10.3. The minimum atomic E-state index is -0.368. The molecule has 2 aliphatic rings. The standard InChI is InChI=1S/C19H31BrO2/c1-13(12-21)9-16(22)10-14(2)17-6-7-18-15(11-20)5-4-8-19(17,18)3/h11,14,16-18,21-22H,1,4-10,12H2,2-3H3/b15-11+/t14-,16+,17-,18+,19-/m1/s1. The first-order valence-electron chi connectivity index (χ1n) is 8.67. The molecule has 0 spiro atoms. The molecule has 2 saturated carbocycles. The van der Waals surface area contributed by atoms with Crippen molar-refractivity contribution in [3.05, 3.63) is 22.7 Å². The van der Waals surface area contributed by atoms with Gasteiger partial charge in [0.25, 0.3) is 0 Å². The van der Waals surface area contributed by atoms with Gasteiger partial charge in [0.15, 0.2) is 0 Å². The Morgan fingerprint density at radius 3 is 2.86 bits per heavy atom. The molecule has 5 atom stereocenters. The van der Waals surface area contributed by atoms with E-state index < -0.39 is 0 Å². The maximum absolute atomic E-state index is 10.3. The second-order valence-electron chi connectivity index (χ2n) is 7.76. The molecule has 2 fully saturated rings. The Balaban J connectivity index is 2.01. The van der Waals surface area contributed by atoms with Gasteiger partial charge in [0.2, 0.25) is 0 Å². The molecule has 0 bridgehead atoms. The van der Waals surface area contributed by atoms with E-state index in [-0.39, 0.29) is 12.7 Å². The molecule has 0 aromatic carbocycles. The first-order chi connectivity index (χ1) is 10.4. The van der Waals surface area contributed by atoms with Crippen LogP contribution in [0, 0.1) is 23.2 Å². The van der Waals surface area contributed by atoms with Crippen LogP contribution in [0.25, 0.3) is 0 Å². The summed E-state index contributed by atoms with van der Waals surface area (Å²) in [5, 5.41) is 19.3. The van der Waals surface area contributed by atoms with Crippen molar-refractivity contribution in [1.82, 2.24) is 0 Å². The lowest BCUT2D eigenvalue weighted by molar-refractivity contribution is 0.0634. The van der Waals surface area contributed by atoms with Crippen molar-refractivity contribution < 1.29 is 10.2 Å². The van der Waals surface area contributed by atoms with E-state index >= 15 is 0 Å². The Morgan fingerprint density at radius 1 is 1.50 bits per heavy atom. The third-order valence-corrected chi connectivity index (χ3v) is 6.84. The monoisotopic (exact) mass is 370 g/mol. The molecule has 22 heavy (non-hydrogen) atoms. The van der Waals surface area contributed by atoms with E-state index in [0.29, 0.717) is 23.7 Å². The highest BCUT2D eigenvalue weighted by Gasteiger charge is 2.50. The number of aliphatic hydroxyl groups excluding tert-OH is 2. The zero-order valence-corrected chi connectivity index (χ0v) is 15.6. The predicted molar refractivity (Wildman–Crippen MR) is 95.8 cm³/mol. The van der Waals surface area contributed by atoms with Crippen molar-refractivity contribution in [3.8, 4) is 0 Å². The molecule has 2 nitrogen and oxygen atoms in total. The lowest BCUT2D eigenvalue weighted by Crippen LogP contribution is -2.36. The number of allylic oxidation sites excluding steroid dienone is 1. The molecule has 2 N–H and O–H groups in total. The van der Waals surface area contributed by atoms with Gasteiger partial charge in [-0.1, -0.05) is 41.9 Å². The van der Waals surface area contributed by atoms with Gasteiger partial charge in [0.05, 0.1) is 12.7 Å². The first kappa shape index (κ1) is 18.2. The quantitative estimate of drug-likeness (QED) is 0.658. The first-order valence-corrected chi connectivity index (χ1v) is 9.58. The normalized spacial score (nSPS) is 36.1. The van der Waals surface area contributed by atoms with Crippen LogP contribution in [0.5, 0.6) is 0 Å². The zero-order chi connectivity index (χ0) is 16.3. The van der Waals surface area contributed by atoms with Crippen molar-refractivity contribution >= 4 is 15.9 Å². The number of rotatable bonds is 6. The van der Waals surface area contributed by atoms with Gasteiger partial charge in [-0.05, 0) is 78.7 Å². The van der Waals surface area contributed by atoms with Crippen LogP contribution in [-0.2, 0) is 0 Å². The molecule has 0 aromatic heterocycles. The highest BCUT2D eigenvalue weighted by molar-refractivity contribution is 9.11. The van der Waals surface area contributed by atoms with Crippen LogP contribution in [0.2, 0.25) is 0 Å². The van der Waals surface area contributed by atoms with E-state index in [0.717, 1.165) is 17.9 Å². The summed E-state index contributed by atoms with van der Waals surface area (Å²) in [6, 6.07) is 0. The fourth-order valence-corrected chi connectivity index (χ4v) is 5.77. The van der Waals surface area contributed by atoms with Crippen molar-refractivity contribution in [2.45, 2.75) is 64.9 Å². The molecule has 0 aromatic rings. The molecule has 0 heterocycles. The molecular formula is C19H31BrO2. The second-order valence-corrected chi connectivity index (χ2v) is 8.22. The molecule has 0 amide bonds. The van der Waals surface area contributed by atoms with Crippen molar-refractivity contribution in [2.24, 2.45) is 23.2 Å². The summed E-state index contributed by atoms with van der Waals surface area (Å²) in [4.78, 5) is 2.17. The van der Waals surface area contributed by atoms with Crippen LogP contribution < -0.4 is 0 Å². The molecular weight excluding hydrogens is 340 g/mol. The molecule has 126 valence electrons. The number of halogens is 1. The molecule has 2 aliphatic carbocycles. The Labute approximate surface area is 143 Å². The van der Waals surface area contributed by atoms with Crippen LogP contribution >= 0.6 is 15.9 Å². The van der Waals surface area contributed by atoms with Crippen LogP contribution in [0.1, 0.15) is 58.8 Å². The molecule has 3 heteroatoms. The summed E-state index contributed by atoms with van der Waals surface area (Å²) in [7, 11) is 0. The number of hydrogen-bond donors (Lipinski definition) is 2.